The topological polar surface area (TPSA) is 53.4 Å². The highest BCUT2D eigenvalue weighted by Crippen LogP contribution is 2.24. The van der Waals surface area contributed by atoms with Gasteiger partial charge in [0.05, 0.1) is 11.3 Å². The van der Waals surface area contributed by atoms with Gasteiger partial charge in [0, 0.05) is 13.1 Å². The fourth-order valence-electron chi connectivity index (χ4n) is 2.52. The summed E-state index contributed by atoms with van der Waals surface area (Å²) in [6.45, 7) is 6.05. The summed E-state index contributed by atoms with van der Waals surface area (Å²) in [6, 6.07) is 3.48. The molecule has 0 radical (unpaired) electrons. The summed E-state index contributed by atoms with van der Waals surface area (Å²) < 4.78 is 0. The van der Waals surface area contributed by atoms with Gasteiger partial charge in [-0.15, -0.1) is 0 Å². The van der Waals surface area contributed by atoms with Crippen molar-refractivity contribution < 1.29 is 9.90 Å². The van der Waals surface area contributed by atoms with Gasteiger partial charge in [0.1, 0.15) is 5.82 Å². The van der Waals surface area contributed by atoms with Gasteiger partial charge in [-0.05, 0) is 37.8 Å². The summed E-state index contributed by atoms with van der Waals surface area (Å²) in [4.78, 5) is 17.6. The number of aromatic carboxylic acids is 1. The summed E-state index contributed by atoms with van der Waals surface area (Å²) in [6.07, 6.45) is 3.66. The maximum Gasteiger partial charge on any atom is 0.337 e. The molecule has 0 saturated carbocycles. The molecule has 1 saturated heterocycles. The van der Waals surface area contributed by atoms with Crippen molar-refractivity contribution >= 4 is 11.8 Å². The molecule has 1 aliphatic rings. The highest BCUT2D eigenvalue weighted by atomic mass is 16.4. The fraction of sp³-hybridized carbons (Fsp3) is 0.571. The molecule has 1 aromatic rings. The molecule has 4 heteroatoms. The van der Waals surface area contributed by atoms with Crippen LogP contribution >= 0.6 is 0 Å². The number of nitrogens with zero attached hydrogens (tertiary/aromatic N) is 2. The van der Waals surface area contributed by atoms with E-state index >= 15 is 0 Å². The number of rotatable bonds is 3. The second kappa shape index (κ2) is 5.38. The van der Waals surface area contributed by atoms with Crippen LogP contribution in [0.1, 0.15) is 42.2 Å². The molecule has 98 valence electrons. The smallest absolute Gasteiger partial charge is 0.337 e. The first-order chi connectivity index (χ1) is 8.61. The van der Waals surface area contributed by atoms with Crippen LogP contribution in [0.3, 0.4) is 0 Å². The summed E-state index contributed by atoms with van der Waals surface area (Å²) >= 11 is 0. The summed E-state index contributed by atoms with van der Waals surface area (Å²) in [5.41, 5.74) is 0.889. The molecule has 2 heterocycles. The Morgan fingerprint density at radius 2 is 2.11 bits per heavy atom. The minimum atomic E-state index is -0.906. The van der Waals surface area contributed by atoms with E-state index in [-0.39, 0.29) is 0 Å². The number of piperidine rings is 1. The molecule has 0 spiro atoms. The summed E-state index contributed by atoms with van der Waals surface area (Å²) in [5.74, 6) is 0.837. The Bertz CT molecular complexity index is 437. The first kappa shape index (κ1) is 12.9. The lowest BCUT2D eigenvalue weighted by Crippen LogP contribution is -2.34. The van der Waals surface area contributed by atoms with Crippen molar-refractivity contribution in [1.82, 2.24) is 4.98 Å². The van der Waals surface area contributed by atoms with Crippen molar-refractivity contribution in [2.75, 3.05) is 18.0 Å². The Morgan fingerprint density at radius 1 is 1.44 bits per heavy atom. The molecular formula is C14H20N2O2. The van der Waals surface area contributed by atoms with Crippen LogP contribution in [0.5, 0.6) is 0 Å². The average Bonchev–Trinajstić information content (AvgIpc) is 2.38. The predicted octanol–water partition coefficient (Wildman–Crippen LogP) is 2.71. The largest absolute Gasteiger partial charge is 0.478 e. The molecule has 1 aliphatic heterocycles. The first-order valence-electron chi connectivity index (χ1n) is 6.57. The number of aryl methyl sites for hydroxylation is 1. The molecule has 0 atom stereocenters. The number of carboxylic acid groups (broad SMARTS) is 1. The van der Waals surface area contributed by atoms with Crippen molar-refractivity contribution in [3.63, 3.8) is 0 Å². The Labute approximate surface area is 108 Å². The van der Waals surface area contributed by atoms with Crippen molar-refractivity contribution in [2.45, 2.75) is 33.1 Å². The third kappa shape index (κ3) is 2.63. The zero-order chi connectivity index (χ0) is 13.1. The predicted molar refractivity (Wildman–Crippen MR) is 71.2 cm³/mol. The van der Waals surface area contributed by atoms with E-state index in [1.54, 1.807) is 13.0 Å². The van der Waals surface area contributed by atoms with E-state index in [1.165, 1.54) is 19.3 Å². The Kier molecular flexibility index (Phi) is 3.84. The lowest BCUT2D eigenvalue weighted by molar-refractivity contribution is 0.0695. The van der Waals surface area contributed by atoms with Crippen LogP contribution in [-0.4, -0.2) is 29.1 Å². The van der Waals surface area contributed by atoms with Gasteiger partial charge in [0.15, 0.2) is 0 Å². The van der Waals surface area contributed by atoms with E-state index in [0.29, 0.717) is 11.3 Å². The van der Waals surface area contributed by atoms with E-state index in [0.717, 1.165) is 24.8 Å². The maximum atomic E-state index is 10.9. The van der Waals surface area contributed by atoms with Crippen molar-refractivity contribution in [3.05, 3.63) is 23.4 Å². The van der Waals surface area contributed by atoms with Gasteiger partial charge < -0.3 is 10.0 Å². The van der Waals surface area contributed by atoms with Crippen LogP contribution in [0.15, 0.2) is 12.1 Å². The van der Waals surface area contributed by atoms with Crippen LogP contribution in [0.4, 0.5) is 5.82 Å². The lowest BCUT2D eigenvalue weighted by Gasteiger charge is -2.32. The third-order valence-electron chi connectivity index (χ3n) is 3.82. The van der Waals surface area contributed by atoms with Crippen LogP contribution in [0, 0.1) is 12.8 Å². The second-order valence-corrected chi connectivity index (χ2v) is 4.95. The van der Waals surface area contributed by atoms with E-state index in [1.807, 2.05) is 6.07 Å². The van der Waals surface area contributed by atoms with Gasteiger partial charge >= 0.3 is 5.97 Å². The number of carboxylic acids is 1. The van der Waals surface area contributed by atoms with Crippen molar-refractivity contribution in [2.24, 2.45) is 5.92 Å². The number of pyridine rings is 1. The quantitative estimate of drug-likeness (QED) is 0.893. The van der Waals surface area contributed by atoms with E-state index < -0.39 is 5.97 Å². The molecule has 1 N–H and O–H groups in total. The highest BCUT2D eigenvalue weighted by Gasteiger charge is 2.19. The van der Waals surface area contributed by atoms with Gasteiger partial charge in [0.2, 0.25) is 0 Å². The molecule has 0 bridgehead atoms. The number of carbonyl (C=O) groups is 1. The SMILES string of the molecule is CCC1CCN(c2ccc(C(=O)O)c(C)n2)CC1. The third-order valence-corrected chi connectivity index (χ3v) is 3.82. The standard InChI is InChI=1S/C14H20N2O2/c1-3-11-6-8-16(9-7-11)13-5-4-12(14(17)18)10(2)15-13/h4-5,11H,3,6-9H2,1-2H3,(H,17,18). The Balaban J connectivity index is 2.11. The van der Waals surface area contributed by atoms with Crippen LogP contribution in [-0.2, 0) is 0 Å². The van der Waals surface area contributed by atoms with Gasteiger partial charge in [-0.3, -0.25) is 0 Å². The van der Waals surface area contributed by atoms with Crippen LogP contribution in [0.25, 0.3) is 0 Å². The number of anilines is 1. The molecule has 1 fully saturated rings. The Morgan fingerprint density at radius 3 is 2.61 bits per heavy atom. The number of hydrogen-bond donors (Lipinski definition) is 1. The van der Waals surface area contributed by atoms with Gasteiger partial charge in [-0.1, -0.05) is 13.3 Å². The molecule has 0 aromatic carbocycles. The number of hydrogen-bond acceptors (Lipinski definition) is 3. The zero-order valence-electron chi connectivity index (χ0n) is 11.0. The zero-order valence-corrected chi connectivity index (χ0v) is 11.0. The van der Waals surface area contributed by atoms with E-state index in [2.05, 4.69) is 16.8 Å². The first-order valence-corrected chi connectivity index (χ1v) is 6.57. The molecule has 0 aliphatic carbocycles. The van der Waals surface area contributed by atoms with Gasteiger partial charge in [0.25, 0.3) is 0 Å². The molecule has 4 nitrogen and oxygen atoms in total. The second-order valence-electron chi connectivity index (χ2n) is 4.95. The highest BCUT2D eigenvalue weighted by molar-refractivity contribution is 5.89. The van der Waals surface area contributed by atoms with Crippen molar-refractivity contribution in [3.8, 4) is 0 Å². The molecule has 2 rings (SSSR count). The maximum absolute atomic E-state index is 10.9. The monoisotopic (exact) mass is 248 g/mol. The fourth-order valence-corrected chi connectivity index (χ4v) is 2.52. The minimum absolute atomic E-state index is 0.294. The normalized spacial score (nSPS) is 16.9. The van der Waals surface area contributed by atoms with E-state index in [4.69, 9.17) is 5.11 Å². The molecule has 0 unspecified atom stereocenters. The lowest BCUT2D eigenvalue weighted by atomic mass is 9.94. The molecule has 1 aromatic heterocycles. The number of aromatic nitrogens is 1. The van der Waals surface area contributed by atoms with Gasteiger partial charge in [-0.25, -0.2) is 9.78 Å². The van der Waals surface area contributed by atoms with Crippen molar-refractivity contribution in [1.29, 1.82) is 0 Å². The average molecular weight is 248 g/mol. The summed E-state index contributed by atoms with van der Waals surface area (Å²) in [5, 5.41) is 8.98. The molecular weight excluding hydrogens is 228 g/mol. The molecule has 0 amide bonds. The molecule has 18 heavy (non-hydrogen) atoms. The van der Waals surface area contributed by atoms with Crippen LogP contribution < -0.4 is 4.90 Å². The minimum Gasteiger partial charge on any atom is -0.478 e. The van der Waals surface area contributed by atoms with Gasteiger partial charge in [-0.2, -0.15) is 0 Å². The Hall–Kier alpha value is -1.58. The van der Waals surface area contributed by atoms with E-state index in [9.17, 15) is 4.79 Å². The van der Waals surface area contributed by atoms with Crippen LogP contribution in [0.2, 0.25) is 0 Å². The summed E-state index contributed by atoms with van der Waals surface area (Å²) in [7, 11) is 0.